The number of ether oxygens (including phenoxy) is 1. The van der Waals surface area contributed by atoms with Crippen LogP contribution in [0.15, 0.2) is 34.9 Å². The van der Waals surface area contributed by atoms with Gasteiger partial charge in [-0.3, -0.25) is 0 Å². The highest BCUT2D eigenvalue weighted by Crippen LogP contribution is 2.21. The van der Waals surface area contributed by atoms with E-state index >= 15 is 0 Å². The highest BCUT2D eigenvalue weighted by Gasteiger charge is 2.11. The van der Waals surface area contributed by atoms with Crippen LogP contribution in [0.5, 0.6) is 5.75 Å². The zero-order valence-electron chi connectivity index (χ0n) is 8.51. The van der Waals surface area contributed by atoms with Gasteiger partial charge in [0.25, 0.3) is 0 Å². The Morgan fingerprint density at radius 1 is 1.38 bits per heavy atom. The van der Waals surface area contributed by atoms with Crippen molar-refractivity contribution in [3.05, 3.63) is 36.2 Å². The van der Waals surface area contributed by atoms with Gasteiger partial charge in [-0.05, 0) is 24.3 Å². The van der Waals surface area contributed by atoms with Gasteiger partial charge in [0.05, 0.1) is 7.11 Å². The molecule has 0 aliphatic rings. The van der Waals surface area contributed by atoms with Gasteiger partial charge in [-0.1, -0.05) is 0 Å². The maximum absolute atomic E-state index is 10.6. The first-order valence-corrected chi connectivity index (χ1v) is 4.54. The Hall–Kier alpha value is -2.30. The maximum atomic E-state index is 10.6. The van der Waals surface area contributed by atoms with Crippen LogP contribution in [0, 0.1) is 0 Å². The second kappa shape index (κ2) is 4.06. The zero-order valence-corrected chi connectivity index (χ0v) is 8.51. The summed E-state index contributed by atoms with van der Waals surface area (Å²) in [6.45, 7) is 0. The number of carboxylic acid groups (broad SMARTS) is 1. The standard InChI is InChI=1S/C11H9NO4/c1-15-8-4-2-7(3-5-8)10-12-9(6-16-10)11(13)14/h2-6H,1H3,(H,13,14). The van der Waals surface area contributed by atoms with E-state index in [0.717, 1.165) is 6.26 Å². The Labute approximate surface area is 91.3 Å². The third-order valence-corrected chi connectivity index (χ3v) is 2.06. The normalized spacial score (nSPS) is 10.1. The molecule has 0 atom stereocenters. The van der Waals surface area contributed by atoms with Gasteiger partial charge < -0.3 is 14.3 Å². The predicted molar refractivity (Wildman–Crippen MR) is 55.5 cm³/mol. The second-order valence-corrected chi connectivity index (χ2v) is 3.07. The van der Waals surface area contributed by atoms with Gasteiger partial charge in [-0.2, -0.15) is 0 Å². The molecule has 0 saturated carbocycles. The van der Waals surface area contributed by atoms with Gasteiger partial charge in [0.1, 0.15) is 12.0 Å². The van der Waals surface area contributed by atoms with Crippen LogP contribution < -0.4 is 4.74 Å². The lowest BCUT2D eigenvalue weighted by Crippen LogP contribution is -1.95. The number of hydrogen-bond acceptors (Lipinski definition) is 4. The quantitative estimate of drug-likeness (QED) is 0.855. The molecule has 0 bridgehead atoms. The van der Waals surface area contributed by atoms with E-state index in [1.54, 1.807) is 31.4 Å². The van der Waals surface area contributed by atoms with Crippen LogP contribution >= 0.6 is 0 Å². The lowest BCUT2D eigenvalue weighted by molar-refractivity contribution is 0.0690. The maximum Gasteiger partial charge on any atom is 0.357 e. The zero-order chi connectivity index (χ0) is 11.5. The summed E-state index contributed by atoms with van der Waals surface area (Å²) in [5, 5.41) is 8.68. The smallest absolute Gasteiger partial charge is 0.357 e. The first-order valence-electron chi connectivity index (χ1n) is 4.54. The molecule has 0 radical (unpaired) electrons. The Bertz CT molecular complexity index is 501. The SMILES string of the molecule is COc1ccc(-c2nc(C(=O)O)co2)cc1. The molecule has 0 aliphatic carbocycles. The number of benzene rings is 1. The van der Waals surface area contributed by atoms with Crippen LogP contribution in [0.25, 0.3) is 11.5 Å². The lowest BCUT2D eigenvalue weighted by Gasteiger charge is -1.99. The molecule has 5 heteroatoms. The molecule has 0 amide bonds. The summed E-state index contributed by atoms with van der Waals surface area (Å²) in [5.74, 6) is -0.114. The molecule has 82 valence electrons. The molecule has 2 aromatic rings. The first kappa shape index (κ1) is 10.2. The van der Waals surface area contributed by atoms with Crippen molar-refractivity contribution < 1.29 is 19.1 Å². The number of aromatic nitrogens is 1. The Morgan fingerprint density at radius 2 is 2.06 bits per heavy atom. The third kappa shape index (κ3) is 1.88. The summed E-state index contributed by atoms with van der Waals surface area (Å²) in [4.78, 5) is 14.4. The average Bonchev–Trinajstić information content (AvgIpc) is 2.78. The minimum atomic E-state index is -1.11. The summed E-state index contributed by atoms with van der Waals surface area (Å²) in [7, 11) is 1.57. The van der Waals surface area contributed by atoms with E-state index in [1.807, 2.05) is 0 Å². The van der Waals surface area contributed by atoms with Crippen LogP contribution in [0.2, 0.25) is 0 Å². The minimum absolute atomic E-state index is 0.106. The molecular weight excluding hydrogens is 210 g/mol. The number of oxazole rings is 1. The van der Waals surface area contributed by atoms with Crippen molar-refractivity contribution in [2.45, 2.75) is 0 Å². The van der Waals surface area contributed by atoms with Gasteiger partial charge in [0.15, 0.2) is 5.69 Å². The molecule has 0 aliphatic heterocycles. The number of hydrogen-bond donors (Lipinski definition) is 1. The summed E-state index contributed by atoms with van der Waals surface area (Å²) in [6, 6.07) is 6.99. The van der Waals surface area contributed by atoms with Crippen molar-refractivity contribution in [2.75, 3.05) is 7.11 Å². The molecule has 0 saturated heterocycles. The lowest BCUT2D eigenvalue weighted by atomic mass is 10.2. The number of aromatic carboxylic acids is 1. The van der Waals surface area contributed by atoms with Crippen molar-refractivity contribution in [1.29, 1.82) is 0 Å². The van der Waals surface area contributed by atoms with Crippen LogP contribution in [0.3, 0.4) is 0 Å². The van der Waals surface area contributed by atoms with Crippen LogP contribution in [0.1, 0.15) is 10.5 Å². The fourth-order valence-electron chi connectivity index (χ4n) is 1.24. The molecule has 1 aromatic carbocycles. The van der Waals surface area contributed by atoms with E-state index in [4.69, 9.17) is 14.3 Å². The van der Waals surface area contributed by atoms with E-state index in [9.17, 15) is 4.79 Å². The number of carboxylic acids is 1. The molecule has 1 heterocycles. The van der Waals surface area contributed by atoms with Crippen LogP contribution in [0.4, 0.5) is 0 Å². The van der Waals surface area contributed by atoms with Crippen molar-refractivity contribution >= 4 is 5.97 Å². The van der Waals surface area contributed by atoms with Crippen molar-refractivity contribution in [3.8, 4) is 17.2 Å². The fraction of sp³-hybridized carbons (Fsp3) is 0.0909. The van der Waals surface area contributed by atoms with Crippen LogP contribution in [-0.4, -0.2) is 23.2 Å². The third-order valence-electron chi connectivity index (χ3n) is 2.06. The molecule has 0 fully saturated rings. The summed E-state index contributed by atoms with van der Waals surface area (Å²) < 4.78 is 10.1. The molecule has 16 heavy (non-hydrogen) atoms. The number of rotatable bonds is 3. The van der Waals surface area contributed by atoms with E-state index in [1.165, 1.54) is 0 Å². The summed E-state index contributed by atoms with van der Waals surface area (Å²) in [6.07, 6.45) is 1.11. The number of carbonyl (C=O) groups is 1. The van der Waals surface area contributed by atoms with Crippen molar-refractivity contribution in [1.82, 2.24) is 4.98 Å². The topological polar surface area (TPSA) is 72.6 Å². The van der Waals surface area contributed by atoms with Gasteiger partial charge in [-0.25, -0.2) is 9.78 Å². The molecule has 0 spiro atoms. The van der Waals surface area contributed by atoms with E-state index in [-0.39, 0.29) is 11.6 Å². The van der Waals surface area contributed by atoms with Gasteiger partial charge in [-0.15, -0.1) is 0 Å². The van der Waals surface area contributed by atoms with Gasteiger partial charge >= 0.3 is 5.97 Å². The van der Waals surface area contributed by atoms with E-state index in [0.29, 0.717) is 11.3 Å². The largest absolute Gasteiger partial charge is 0.497 e. The Balaban J connectivity index is 2.31. The summed E-state index contributed by atoms with van der Waals surface area (Å²) >= 11 is 0. The first-order chi connectivity index (χ1) is 7.70. The van der Waals surface area contributed by atoms with Gasteiger partial charge in [0.2, 0.25) is 5.89 Å². The number of methoxy groups -OCH3 is 1. The van der Waals surface area contributed by atoms with Crippen molar-refractivity contribution in [2.24, 2.45) is 0 Å². The summed E-state index contributed by atoms with van der Waals surface area (Å²) in [5.41, 5.74) is 0.596. The average molecular weight is 219 g/mol. The molecular formula is C11H9NO4. The molecule has 1 N–H and O–H groups in total. The van der Waals surface area contributed by atoms with Crippen LogP contribution in [-0.2, 0) is 0 Å². The van der Waals surface area contributed by atoms with Gasteiger partial charge in [0, 0.05) is 5.56 Å². The monoisotopic (exact) mass is 219 g/mol. The van der Waals surface area contributed by atoms with E-state index in [2.05, 4.69) is 4.98 Å². The molecule has 1 aromatic heterocycles. The molecule has 0 unspecified atom stereocenters. The van der Waals surface area contributed by atoms with Crippen molar-refractivity contribution in [3.63, 3.8) is 0 Å². The van der Waals surface area contributed by atoms with E-state index < -0.39 is 5.97 Å². The Kier molecular flexibility index (Phi) is 2.59. The highest BCUT2D eigenvalue weighted by atomic mass is 16.5. The highest BCUT2D eigenvalue weighted by molar-refractivity contribution is 5.85. The predicted octanol–water partition coefficient (Wildman–Crippen LogP) is 2.05. The second-order valence-electron chi connectivity index (χ2n) is 3.07. The molecule has 2 rings (SSSR count). The minimum Gasteiger partial charge on any atom is -0.497 e. The Morgan fingerprint density at radius 3 is 2.56 bits per heavy atom. The fourth-order valence-corrected chi connectivity index (χ4v) is 1.24. The number of nitrogens with zero attached hydrogens (tertiary/aromatic N) is 1. The molecule has 5 nitrogen and oxygen atoms in total.